The lowest BCUT2D eigenvalue weighted by Crippen LogP contribution is -2.32. The number of hydrogen-bond donors (Lipinski definition) is 1. The molecule has 2 fully saturated rings. The highest BCUT2D eigenvalue weighted by atomic mass is 32.2. The second kappa shape index (κ2) is 8.81. The second-order valence-electron chi connectivity index (χ2n) is 9.26. The lowest BCUT2D eigenvalue weighted by molar-refractivity contribution is 0.0751. The third-order valence-electron chi connectivity index (χ3n) is 7.07. The number of nitrogens with one attached hydrogen (secondary N) is 1. The maximum absolute atomic E-state index is 13.5. The first-order valence-corrected chi connectivity index (χ1v) is 12.8. The van der Waals surface area contributed by atoms with Crippen molar-refractivity contribution in [2.45, 2.75) is 39.0 Å². The predicted octanol–water partition coefficient (Wildman–Crippen LogP) is 5.94. The van der Waals surface area contributed by atoms with Gasteiger partial charge in [0.2, 0.25) is 0 Å². The van der Waals surface area contributed by atoms with E-state index in [2.05, 4.69) is 28.9 Å². The van der Waals surface area contributed by atoms with Gasteiger partial charge in [-0.2, -0.15) is 11.8 Å². The van der Waals surface area contributed by atoms with Crippen LogP contribution in [0.15, 0.2) is 36.5 Å². The first-order chi connectivity index (χ1) is 15.6. The summed E-state index contributed by atoms with van der Waals surface area (Å²) in [5, 5.41) is 0. The van der Waals surface area contributed by atoms with E-state index in [1.807, 2.05) is 36.2 Å². The number of rotatable bonds is 5. The van der Waals surface area contributed by atoms with Gasteiger partial charge in [0.05, 0.1) is 29.4 Å². The summed E-state index contributed by atoms with van der Waals surface area (Å²) in [6, 6.07) is 10.4. The van der Waals surface area contributed by atoms with E-state index < -0.39 is 0 Å². The smallest absolute Gasteiger partial charge is 0.172 e. The van der Waals surface area contributed by atoms with Gasteiger partial charge < -0.3 is 14.6 Å². The Bertz CT molecular complexity index is 1130. The summed E-state index contributed by atoms with van der Waals surface area (Å²) in [6.07, 6.45) is 7.27. The van der Waals surface area contributed by atoms with Crippen LogP contribution < -0.4 is 9.64 Å². The molecule has 168 valence electrons. The summed E-state index contributed by atoms with van der Waals surface area (Å²) in [5.74, 6) is 3.34. The minimum absolute atomic E-state index is 0.227. The lowest BCUT2D eigenvalue weighted by Gasteiger charge is -2.31. The molecule has 3 heterocycles. The van der Waals surface area contributed by atoms with Crippen molar-refractivity contribution in [1.82, 2.24) is 9.97 Å². The maximum Gasteiger partial charge on any atom is 0.172 e. The van der Waals surface area contributed by atoms with E-state index in [9.17, 15) is 4.79 Å². The molecule has 32 heavy (non-hydrogen) atoms. The lowest BCUT2D eigenvalue weighted by atomic mass is 9.71. The third-order valence-corrected chi connectivity index (χ3v) is 8.01. The number of H-pyrrole nitrogens is 1. The molecule has 0 amide bonds. The molecule has 1 saturated carbocycles. The number of methoxy groups -OCH3 is 1. The maximum atomic E-state index is 13.5. The fourth-order valence-corrected chi connectivity index (χ4v) is 5.97. The molecule has 0 spiro atoms. The Morgan fingerprint density at radius 3 is 2.66 bits per heavy atom. The van der Waals surface area contributed by atoms with Crippen LogP contribution in [0, 0.1) is 5.41 Å². The van der Waals surface area contributed by atoms with Gasteiger partial charge in [-0.3, -0.25) is 4.79 Å². The Kier molecular flexibility index (Phi) is 5.89. The third kappa shape index (κ3) is 4.01. The molecule has 1 aromatic carbocycles. The number of carbonyl (C=O) groups excluding carboxylic acids is 1. The average molecular weight is 450 g/mol. The Morgan fingerprint density at radius 1 is 1.12 bits per heavy atom. The summed E-state index contributed by atoms with van der Waals surface area (Å²) in [7, 11) is 1.71. The van der Waals surface area contributed by atoms with Crippen molar-refractivity contribution in [2.24, 2.45) is 5.41 Å². The molecule has 0 atom stereocenters. The van der Waals surface area contributed by atoms with Crippen LogP contribution in [0.4, 0.5) is 5.69 Å². The van der Waals surface area contributed by atoms with E-state index in [0.29, 0.717) is 0 Å². The minimum atomic E-state index is -0.277. The summed E-state index contributed by atoms with van der Waals surface area (Å²) < 4.78 is 5.61. The molecule has 6 heteroatoms. The minimum Gasteiger partial charge on any atom is -0.497 e. The zero-order valence-corrected chi connectivity index (χ0v) is 19.8. The van der Waals surface area contributed by atoms with Crippen LogP contribution in [0.5, 0.6) is 5.75 Å². The van der Waals surface area contributed by atoms with E-state index in [4.69, 9.17) is 9.72 Å². The highest BCUT2D eigenvalue weighted by Crippen LogP contribution is 2.40. The van der Waals surface area contributed by atoms with Crippen LogP contribution in [-0.2, 0) is 0 Å². The Labute approximate surface area is 193 Å². The molecule has 0 bridgehead atoms. The number of nitrogens with zero attached hydrogens (tertiary/aromatic N) is 2. The van der Waals surface area contributed by atoms with E-state index in [1.54, 1.807) is 7.11 Å². The van der Waals surface area contributed by atoms with E-state index in [1.165, 1.54) is 12.1 Å². The normalized spacial score (nSPS) is 18.6. The second-order valence-corrected chi connectivity index (χ2v) is 10.5. The van der Waals surface area contributed by atoms with Crippen LogP contribution in [0.2, 0.25) is 0 Å². The topological polar surface area (TPSA) is 58.2 Å². The molecule has 2 aliphatic rings. The molecule has 1 aliphatic heterocycles. The van der Waals surface area contributed by atoms with Crippen LogP contribution in [0.3, 0.4) is 0 Å². The zero-order valence-electron chi connectivity index (χ0n) is 18.9. The number of carbonyl (C=O) groups is 1. The molecule has 5 rings (SSSR count). The van der Waals surface area contributed by atoms with Crippen molar-refractivity contribution >= 4 is 34.3 Å². The van der Waals surface area contributed by atoms with Gasteiger partial charge in [-0.25, -0.2) is 4.98 Å². The van der Waals surface area contributed by atoms with E-state index in [0.717, 1.165) is 83.9 Å². The van der Waals surface area contributed by atoms with Crippen molar-refractivity contribution < 1.29 is 9.53 Å². The number of benzene rings is 1. The first kappa shape index (κ1) is 21.4. The summed E-state index contributed by atoms with van der Waals surface area (Å²) >= 11 is 2.00. The zero-order chi connectivity index (χ0) is 22.1. The molecule has 1 N–H and O–H groups in total. The van der Waals surface area contributed by atoms with Gasteiger partial charge in [0.1, 0.15) is 5.75 Å². The Hall–Kier alpha value is -2.47. The number of hydrogen-bond acceptors (Lipinski definition) is 5. The Morgan fingerprint density at radius 2 is 1.91 bits per heavy atom. The highest BCUT2D eigenvalue weighted by Gasteiger charge is 2.36. The van der Waals surface area contributed by atoms with Gasteiger partial charge >= 0.3 is 0 Å². The number of ether oxygens (including phenoxy) is 1. The van der Waals surface area contributed by atoms with Crippen molar-refractivity contribution in [1.29, 1.82) is 0 Å². The molecule has 5 nitrogen and oxygen atoms in total. The Balaban J connectivity index is 1.54. The number of ketones is 1. The van der Waals surface area contributed by atoms with Gasteiger partial charge in [0.15, 0.2) is 5.78 Å². The standard InChI is InChI=1S/C26H31N3O2S/c1-26(8-4-3-5-9-26)25(30)21-17-27-23-7-6-22(28-24(21)23)18-14-19(16-20(15-18)31-2)29-10-12-32-13-11-29/h6-7,14-17,27H,3-5,8-13H2,1-2H3. The fourth-order valence-electron chi connectivity index (χ4n) is 5.07. The van der Waals surface area contributed by atoms with Gasteiger partial charge in [-0.1, -0.05) is 26.2 Å². The van der Waals surface area contributed by atoms with Crippen LogP contribution in [-0.4, -0.2) is 47.5 Å². The average Bonchev–Trinajstić information content (AvgIpc) is 3.27. The van der Waals surface area contributed by atoms with Crippen molar-refractivity contribution in [3.05, 3.63) is 42.1 Å². The molecule has 3 aromatic rings. The van der Waals surface area contributed by atoms with Crippen LogP contribution in [0.25, 0.3) is 22.3 Å². The van der Waals surface area contributed by atoms with Gasteiger partial charge in [-0.15, -0.1) is 0 Å². The van der Waals surface area contributed by atoms with Crippen molar-refractivity contribution in [2.75, 3.05) is 36.6 Å². The summed E-state index contributed by atoms with van der Waals surface area (Å²) in [5.41, 5.74) is 5.18. The molecule has 1 aliphatic carbocycles. The van der Waals surface area contributed by atoms with Gasteiger partial charge in [0.25, 0.3) is 0 Å². The monoisotopic (exact) mass is 449 g/mol. The van der Waals surface area contributed by atoms with E-state index >= 15 is 0 Å². The number of pyridine rings is 1. The quantitative estimate of drug-likeness (QED) is 0.488. The predicted molar refractivity (Wildman–Crippen MR) is 133 cm³/mol. The molecular formula is C26H31N3O2S. The van der Waals surface area contributed by atoms with E-state index in [-0.39, 0.29) is 11.2 Å². The number of fused-ring (bicyclic) bond motifs is 1. The first-order valence-electron chi connectivity index (χ1n) is 11.6. The number of Topliss-reactive ketones (excluding diaryl/α,β-unsaturated/α-hetero) is 1. The summed E-state index contributed by atoms with van der Waals surface area (Å²) in [6.45, 7) is 4.21. The van der Waals surface area contributed by atoms with Gasteiger partial charge in [0, 0.05) is 53.5 Å². The highest BCUT2D eigenvalue weighted by molar-refractivity contribution is 7.99. The molecule has 0 radical (unpaired) electrons. The summed E-state index contributed by atoms with van der Waals surface area (Å²) in [4.78, 5) is 24.2. The van der Waals surface area contributed by atoms with Crippen LogP contribution >= 0.6 is 11.8 Å². The number of aromatic nitrogens is 2. The number of thioether (sulfide) groups is 1. The molecule has 2 aromatic heterocycles. The number of anilines is 1. The SMILES string of the molecule is COc1cc(-c2ccc3[nH]cc(C(=O)C4(C)CCCCC4)c3n2)cc(N2CCSCC2)c1. The number of aromatic amines is 1. The van der Waals surface area contributed by atoms with Crippen molar-refractivity contribution in [3.8, 4) is 17.0 Å². The van der Waals surface area contributed by atoms with Crippen molar-refractivity contribution in [3.63, 3.8) is 0 Å². The van der Waals surface area contributed by atoms with Gasteiger partial charge in [-0.05, 0) is 37.1 Å². The molecular weight excluding hydrogens is 418 g/mol. The van der Waals surface area contributed by atoms with Crippen LogP contribution in [0.1, 0.15) is 49.4 Å². The molecule has 1 saturated heterocycles. The fraction of sp³-hybridized carbons (Fsp3) is 0.462. The largest absolute Gasteiger partial charge is 0.497 e. The molecule has 0 unspecified atom stereocenters.